The molecule has 0 saturated carbocycles. The lowest BCUT2D eigenvalue weighted by Crippen LogP contribution is -2.31. The maximum atomic E-state index is 12.2. The molecule has 2 aromatic carbocycles. The number of hydrogen-bond acceptors (Lipinski definition) is 4. The number of para-hydroxylation sites is 1. The molecule has 1 amide bonds. The van der Waals surface area contributed by atoms with Crippen molar-refractivity contribution in [3.63, 3.8) is 0 Å². The number of carbonyl (C=O) groups excluding carboxylic acids is 2. The number of amides is 1. The Morgan fingerprint density at radius 3 is 2.70 bits per heavy atom. The lowest BCUT2D eigenvalue weighted by Gasteiger charge is -2.14. The minimum Gasteiger partial charge on any atom is -0.451 e. The van der Waals surface area contributed by atoms with Crippen LogP contribution in [-0.4, -0.2) is 23.5 Å². The summed E-state index contributed by atoms with van der Waals surface area (Å²) in [5.74, 6) is -1.23. The van der Waals surface area contributed by atoms with Crippen molar-refractivity contribution >= 4 is 34.4 Å². The Labute approximate surface area is 160 Å². The lowest BCUT2D eigenvalue weighted by atomic mass is 10.1. The number of H-pyrrole nitrogens is 1. The predicted octanol–water partition coefficient (Wildman–Crippen LogP) is 3.22. The highest BCUT2D eigenvalue weighted by Crippen LogP contribution is 2.17. The summed E-state index contributed by atoms with van der Waals surface area (Å²) in [6.45, 7) is 1.34. The number of hydrogen-bond donors (Lipinski definition) is 2. The summed E-state index contributed by atoms with van der Waals surface area (Å²) in [5.41, 5.74) is 1.06. The maximum Gasteiger partial charge on any atom is 0.355 e. The molecule has 27 heavy (non-hydrogen) atoms. The standard InChI is InChI=1S/C20H17ClN2O4/c1-12(13-5-4-6-14(21)9-13)22-19(25)11-27-20(26)17-10-18(24)15-7-2-3-8-16(15)23-17/h2-10,12H,11H2,1H3,(H,22,25)(H,23,24)/t12-/m0/s1. The van der Waals surface area contributed by atoms with Gasteiger partial charge in [-0.25, -0.2) is 4.79 Å². The zero-order valence-electron chi connectivity index (χ0n) is 14.5. The van der Waals surface area contributed by atoms with Crippen LogP contribution in [0.15, 0.2) is 59.4 Å². The molecule has 0 spiro atoms. The largest absolute Gasteiger partial charge is 0.451 e. The van der Waals surface area contributed by atoms with Gasteiger partial charge in [0.05, 0.1) is 6.04 Å². The molecule has 0 unspecified atom stereocenters. The van der Waals surface area contributed by atoms with E-state index in [0.29, 0.717) is 15.9 Å². The van der Waals surface area contributed by atoms with Gasteiger partial charge < -0.3 is 15.0 Å². The minimum absolute atomic E-state index is 0.00519. The molecule has 7 heteroatoms. The topological polar surface area (TPSA) is 88.3 Å². The highest BCUT2D eigenvalue weighted by molar-refractivity contribution is 6.30. The van der Waals surface area contributed by atoms with Gasteiger partial charge >= 0.3 is 5.97 Å². The van der Waals surface area contributed by atoms with Crippen LogP contribution < -0.4 is 10.7 Å². The second-order valence-corrected chi connectivity index (χ2v) is 6.45. The molecule has 0 saturated heterocycles. The van der Waals surface area contributed by atoms with Crippen LogP contribution >= 0.6 is 11.6 Å². The summed E-state index contributed by atoms with van der Waals surface area (Å²) in [6.07, 6.45) is 0. The monoisotopic (exact) mass is 384 g/mol. The molecule has 0 aliphatic carbocycles. The molecule has 3 rings (SSSR count). The number of benzene rings is 2. The molecule has 1 atom stereocenters. The molecular formula is C20H17ClN2O4. The number of rotatable bonds is 5. The molecule has 138 valence electrons. The molecule has 0 radical (unpaired) electrons. The third kappa shape index (κ3) is 4.54. The van der Waals surface area contributed by atoms with E-state index in [1.807, 2.05) is 6.07 Å². The number of esters is 1. The zero-order valence-corrected chi connectivity index (χ0v) is 15.2. The Bertz CT molecular complexity index is 1060. The van der Waals surface area contributed by atoms with E-state index < -0.39 is 18.5 Å². The quantitative estimate of drug-likeness (QED) is 0.661. The fraction of sp³-hybridized carbons (Fsp3) is 0.150. The van der Waals surface area contributed by atoms with Gasteiger partial charge in [0.15, 0.2) is 12.0 Å². The summed E-state index contributed by atoms with van der Waals surface area (Å²) in [4.78, 5) is 39.1. The fourth-order valence-corrected chi connectivity index (χ4v) is 2.86. The third-order valence-corrected chi connectivity index (χ3v) is 4.25. The van der Waals surface area contributed by atoms with Crippen molar-refractivity contribution in [2.24, 2.45) is 0 Å². The van der Waals surface area contributed by atoms with Crippen LogP contribution in [0.2, 0.25) is 5.02 Å². The molecule has 6 nitrogen and oxygen atoms in total. The van der Waals surface area contributed by atoms with Crippen LogP contribution in [0.3, 0.4) is 0 Å². The van der Waals surface area contributed by atoms with E-state index in [-0.39, 0.29) is 17.2 Å². The lowest BCUT2D eigenvalue weighted by molar-refractivity contribution is -0.124. The number of fused-ring (bicyclic) bond motifs is 1. The molecule has 0 fully saturated rings. The van der Waals surface area contributed by atoms with Crippen LogP contribution in [0.5, 0.6) is 0 Å². The Kier molecular flexibility index (Phi) is 5.57. The van der Waals surface area contributed by atoms with Crippen molar-refractivity contribution in [2.45, 2.75) is 13.0 Å². The zero-order chi connectivity index (χ0) is 19.4. The van der Waals surface area contributed by atoms with Crippen molar-refractivity contribution in [2.75, 3.05) is 6.61 Å². The van der Waals surface area contributed by atoms with E-state index in [1.54, 1.807) is 49.4 Å². The molecule has 1 aromatic heterocycles. The first-order valence-corrected chi connectivity index (χ1v) is 8.66. The first-order valence-electron chi connectivity index (χ1n) is 8.28. The summed E-state index contributed by atoms with van der Waals surface area (Å²) in [5, 5.41) is 3.77. The van der Waals surface area contributed by atoms with Crippen LogP contribution in [0.25, 0.3) is 10.9 Å². The second-order valence-electron chi connectivity index (χ2n) is 6.01. The van der Waals surface area contributed by atoms with Crippen LogP contribution in [0, 0.1) is 0 Å². The van der Waals surface area contributed by atoms with Gasteiger partial charge in [-0.2, -0.15) is 0 Å². The maximum absolute atomic E-state index is 12.2. The van der Waals surface area contributed by atoms with E-state index >= 15 is 0 Å². The van der Waals surface area contributed by atoms with E-state index in [9.17, 15) is 14.4 Å². The Balaban J connectivity index is 1.62. The van der Waals surface area contributed by atoms with Gasteiger partial charge in [0.25, 0.3) is 5.91 Å². The normalized spacial score (nSPS) is 11.8. The molecule has 0 bridgehead atoms. The van der Waals surface area contributed by atoms with Crippen LogP contribution in [-0.2, 0) is 9.53 Å². The number of aromatic amines is 1. The number of carbonyl (C=O) groups is 2. The third-order valence-electron chi connectivity index (χ3n) is 4.02. The van der Waals surface area contributed by atoms with Crippen LogP contribution in [0.1, 0.15) is 29.0 Å². The van der Waals surface area contributed by atoms with Gasteiger partial charge in [0, 0.05) is 22.0 Å². The molecule has 1 heterocycles. The second kappa shape index (κ2) is 8.05. The highest BCUT2D eigenvalue weighted by atomic mass is 35.5. The van der Waals surface area contributed by atoms with E-state index in [4.69, 9.17) is 16.3 Å². The Morgan fingerprint density at radius 2 is 1.93 bits per heavy atom. The predicted molar refractivity (Wildman–Crippen MR) is 103 cm³/mol. The van der Waals surface area contributed by atoms with Crippen molar-refractivity contribution in [1.29, 1.82) is 0 Å². The SMILES string of the molecule is C[C@H](NC(=O)COC(=O)c1cc(=O)c2ccccc2[nH]1)c1cccc(Cl)c1. The van der Waals surface area contributed by atoms with Crippen LogP contribution in [0.4, 0.5) is 0 Å². The average molecular weight is 385 g/mol. The number of aromatic nitrogens is 1. The highest BCUT2D eigenvalue weighted by Gasteiger charge is 2.15. The van der Waals surface area contributed by atoms with Gasteiger partial charge in [-0.15, -0.1) is 0 Å². The van der Waals surface area contributed by atoms with Gasteiger partial charge in [-0.3, -0.25) is 9.59 Å². The number of nitrogens with one attached hydrogen (secondary N) is 2. The molecular weight excluding hydrogens is 368 g/mol. The van der Waals surface area contributed by atoms with Gasteiger partial charge in [0.1, 0.15) is 5.69 Å². The van der Waals surface area contributed by atoms with Gasteiger partial charge in [-0.1, -0.05) is 35.9 Å². The fourth-order valence-electron chi connectivity index (χ4n) is 2.66. The van der Waals surface area contributed by atoms with Crippen molar-refractivity contribution < 1.29 is 14.3 Å². The smallest absolute Gasteiger partial charge is 0.355 e. The number of pyridine rings is 1. The first kappa shape index (κ1) is 18.7. The van der Waals surface area contributed by atoms with E-state index in [0.717, 1.165) is 11.6 Å². The molecule has 3 aromatic rings. The summed E-state index contributed by atoms with van der Waals surface area (Å²) < 4.78 is 5.01. The number of ether oxygens (including phenoxy) is 1. The summed E-state index contributed by atoms with van der Waals surface area (Å²) >= 11 is 5.94. The Hall–Kier alpha value is -3.12. The van der Waals surface area contributed by atoms with E-state index in [1.165, 1.54) is 0 Å². The van der Waals surface area contributed by atoms with Crippen molar-refractivity contribution in [1.82, 2.24) is 10.3 Å². The van der Waals surface area contributed by atoms with Gasteiger partial charge in [-0.05, 0) is 36.8 Å². The average Bonchev–Trinajstić information content (AvgIpc) is 2.66. The molecule has 2 N–H and O–H groups in total. The van der Waals surface area contributed by atoms with Crippen molar-refractivity contribution in [3.8, 4) is 0 Å². The van der Waals surface area contributed by atoms with E-state index in [2.05, 4.69) is 10.3 Å². The summed E-state index contributed by atoms with van der Waals surface area (Å²) in [6, 6.07) is 14.8. The number of halogens is 1. The summed E-state index contributed by atoms with van der Waals surface area (Å²) in [7, 11) is 0. The van der Waals surface area contributed by atoms with Crippen molar-refractivity contribution in [3.05, 3.63) is 81.1 Å². The minimum atomic E-state index is -0.775. The molecule has 0 aliphatic heterocycles. The first-order chi connectivity index (χ1) is 12.9. The Morgan fingerprint density at radius 1 is 1.15 bits per heavy atom. The van der Waals surface area contributed by atoms with Gasteiger partial charge in [0.2, 0.25) is 0 Å². The molecule has 0 aliphatic rings.